The minimum Gasteiger partial charge on any atom is -0.352 e. The average molecular weight is 203 g/mol. The zero-order valence-electron chi connectivity index (χ0n) is 8.64. The molecule has 0 radical (unpaired) electrons. The second-order valence-electron chi connectivity index (χ2n) is 3.60. The molecule has 1 unspecified atom stereocenters. The summed E-state index contributed by atoms with van der Waals surface area (Å²) < 4.78 is 0. The monoisotopic (exact) mass is 203 g/mol. The van der Waals surface area contributed by atoms with E-state index in [1.165, 1.54) is 0 Å². The van der Waals surface area contributed by atoms with Crippen LogP contribution in [0.5, 0.6) is 0 Å². The molecule has 2 rings (SSSR count). The molecule has 1 aromatic heterocycles. The standard InChI is InChI=1S/C10H13N5/c1-12-9-3-5-15(7-9)10-8(6-11)2-4-13-14-10/h2,4,9,12H,3,5,7H2,1H3. The van der Waals surface area contributed by atoms with E-state index in [0.717, 1.165) is 19.5 Å². The van der Waals surface area contributed by atoms with Gasteiger partial charge in [-0.3, -0.25) is 0 Å². The van der Waals surface area contributed by atoms with Crippen LogP contribution >= 0.6 is 0 Å². The first-order chi connectivity index (χ1) is 7.35. The maximum Gasteiger partial charge on any atom is 0.169 e. The van der Waals surface area contributed by atoms with E-state index in [2.05, 4.69) is 26.5 Å². The number of hydrogen-bond acceptors (Lipinski definition) is 5. The van der Waals surface area contributed by atoms with Crippen molar-refractivity contribution in [2.75, 3.05) is 25.0 Å². The highest BCUT2D eigenvalue weighted by atomic mass is 15.3. The van der Waals surface area contributed by atoms with Crippen LogP contribution in [0.3, 0.4) is 0 Å². The van der Waals surface area contributed by atoms with Gasteiger partial charge in [-0.15, -0.1) is 5.10 Å². The van der Waals surface area contributed by atoms with Crippen molar-refractivity contribution in [2.24, 2.45) is 0 Å². The summed E-state index contributed by atoms with van der Waals surface area (Å²) >= 11 is 0. The molecule has 0 amide bonds. The van der Waals surface area contributed by atoms with E-state index >= 15 is 0 Å². The van der Waals surface area contributed by atoms with Gasteiger partial charge in [-0.25, -0.2) is 0 Å². The van der Waals surface area contributed by atoms with Gasteiger partial charge in [-0.1, -0.05) is 0 Å². The van der Waals surface area contributed by atoms with Gasteiger partial charge in [0.2, 0.25) is 0 Å². The number of aromatic nitrogens is 2. The lowest BCUT2D eigenvalue weighted by Gasteiger charge is -2.17. The lowest BCUT2D eigenvalue weighted by molar-refractivity contribution is 0.616. The van der Waals surface area contributed by atoms with Gasteiger partial charge < -0.3 is 10.2 Å². The highest BCUT2D eigenvalue weighted by Gasteiger charge is 2.23. The van der Waals surface area contributed by atoms with E-state index in [1.54, 1.807) is 12.3 Å². The molecule has 0 aromatic carbocycles. The maximum atomic E-state index is 8.94. The molecule has 0 spiro atoms. The van der Waals surface area contributed by atoms with Crippen LogP contribution in [0, 0.1) is 11.3 Å². The van der Waals surface area contributed by atoms with E-state index < -0.39 is 0 Å². The van der Waals surface area contributed by atoms with Crippen LogP contribution in [0.2, 0.25) is 0 Å². The molecule has 1 aliphatic rings. The van der Waals surface area contributed by atoms with Crippen LogP contribution in [-0.2, 0) is 0 Å². The topological polar surface area (TPSA) is 64.8 Å². The molecule has 0 aliphatic carbocycles. The third-order valence-corrected chi connectivity index (χ3v) is 2.72. The van der Waals surface area contributed by atoms with E-state index in [0.29, 0.717) is 17.4 Å². The molecular formula is C10H13N5. The Labute approximate surface area is 88.7 Å². The Hall–Kier alpha value is -1.67. The fraction of sp³-hybridized carbons (Fsp3) is 0.500. The maximum absolute atomic E-state index is 8.94. The molecule has 1 aromatic rings. The van der Waals surface area contributed by atoms with E-state index in [4.69, 9.17) is 5.26 Å². The van der Waals surface area contributed by atoms with Crippen LogP contribution in [-0.4, -0.2) is 36.4 Å². The smallest absolute Gasteiger partial charge is 0.169 e. The zero-order valence-corrected chi connectivity index (χ0v) is 8.64. The van der Waals surface area contributed by atoms with Crippen LogP contribution < -0.4 is 10.2 Å². The molecule has 78 valence electrons. The van der Waals surface area contributed by atoms with Crippen molar-refractivity contribution in [3.05, 3.63) is 17.8 Å². The van der Waals surface area contributed by atoms with Crippen LogP contribution in [0.15, 0.2) is 12.3 Å². The molecular weight excluding hydrogens is 190 g/mol. The Kier molecular flexibility index (Phi) is 2.79. The summed E-state index contributed by atoms with van der Waals surface area (Å²) in [6.07, 6.45) is 2.63. The van der Waals surface area contributed by atoms with Gasteiger partial charge in [0, 0.05) is 19.1 Å². The van der Waals surface area contributed by atoms with Crippen molar-refractivity contribution in [2.45, 2.75) is 12.5 Å². The van der Waals surface area contributed by atoms with Crippen molar-refractivity contribution in [3.63, 3.8) is 0 Å². The first kappa shape index (κ1) is 9.87. The molecule has 1 N–H and O–H groups in total. The fourth-order valence-electron chi connectivity index (χ4n) is 1.83. The predicted octanol–water partition coefficient (Wildman–Crippen LogP) is 0.146. The second kappa shape index (κ2) is 4.24. The molecule has 1 saturated heterocycles. The Morgan fingerprint density at radius 3 is 3.20 bits per heavy atom. The number of rotatable bonds is 2. The Morgan fingerprint density at radius 2 is 2.53 bits per heavy atom. The number of anilines is 1. The molecule has 5 heteroatoms. The summed E-state index contributed by atoms with van der Waals surface area (Å²) in [7, 11) is 1.95. The van der Waals surface area contributed by atoms with Crippen molar-refractivity contribution < 1.29 is 0 Å². The van der Waals surface area contributed by atoms with Gasteiger partial charge in [0.1, 0.15) is 6.07 Å². The van der Waals surface area contributed by atoms with Gasteiger partial charge in [-0.2, -0.15) is 10.4 Å². The number of nitrogens with one attached hydrogen (secondary N) is 1. The summed E-state index contributed by atoms with van der Waals surface area (Å²) in [5, 5.41) is 20.0. The largest absolute Gasteiger partial charge is 0.352 e. The van der Waals surface area contributed by atoms with Gasteiger partial charge in [0.05, 0.1) is 11.8 Å². The minimum absolute atomic E-state index is 0.485. The zero-order chi connectivity index (χ0) is 10.7. The lowest BCUT2D eigenvalue weighted by atomic mass is 10.3. The number of hydrogen-bond donors (Lipinski definition) is 1. The van der Waals surface area contributed by atoms with Crippen molar-refractivity contribution in [1.82, 2.24) is 15.5 Å². The third kappa shape index (κ3) is 1.90. The Morgan fingerprint density at radius 1 is 1.67 bits per heavy atom. The highest BCUT2D eigenvalue weighted by Crippen LogP contribution is 2.20. The van der Waals surface area contributed by atoms with Crippen LogP contribution in [0.25, 0.3) is 0 Å². The number of nitriles is 1. The minimum atomic E-state index is 0.485. The third-order valence-electron chi connectivity index (χ3n) is 2.72. The first-order valence-corrected chi connectivity index (χ1v) is 4.99. The van der Waals surface area contributed by atoms with Crippen molar-refractivity contribution >= 4 is 5.82 Å². The Balaban J connectivity index is 2.20. The van der Waals surface area contributed by atoms with Crippen LogP contribution in [0.1, 0.15) is 12.0 Å². The molecule has 0 saturated carbocycles. The average Bonchev–Trinajstić information content (AvgIpc) is 2.77. The molecule has 1 aliphatic heterocycles. The van der Waals surface area contributed by atoms with Gasteiger partial charge >= 0.3 is 0 Å². The van der Waals surface area contributed by atoms with E-state index in [1.807, 2.05) is 7.05 Å². The van der Waals surface area contributed by atoms with E-state index in [9.17, 15) is 0 Å². The van der Waals surface area contributed by atoms with Gasteiger partial charge in [-0.05, 0) is 19.5 Å². The number of likely N-dealkylation sites (N-methyl/N-ethyl adjacent to an activating group) is 1. The normalized spacial score (nSPS) is 20.3. The summed E-state index contributed by atoms with van der Waals surface area (Å²) in [5.41, 5.74) is 0.599. The molecule has 1 fully saturated rings. The molecule has 15 heavy (non-hydrogen) atoms. The fourth-order valence-corrected chi connectivity index (χ4v) is 1.83. The van der Waals surface area contributed by atoms with Crippen LogP contribution in [0.4, 0.5) is 5.82 Å². The molecule has 1 atom stereocenters. The summed E-state index contributed by atoms with van der Waals surface area (Å²) in [6.45, 7) is 1.82. The second-order valence-corrected chi connectivity index (χ2v) is 3.60. The number of nitrogens with zero attached hydrogens (tertiary/aromatic N) is 4. The van der Waals surface area contributed by atoms with Crippen molar-refractivity contribution in [1.29, 1.82) is 5.26 Å². The lowest BCUT2D eigenvalue weighted by Crippen LogP contribution is -2.30. The van der Waals surface area contributed by atoms with E-state index in [-0.39, 0.29) is 0 Å². The Bertz CT molecular complexity index is 384. The summed E-state index contributed by atoms with van der Waals surface area (Å²) in [6, 6.07) is 4.33. The first-order valence-electron chi connectivity index (χ1n) is 4.99. The van der Waals surface area contributed by atoms with Gasteiger partial charge in [0.25, 0.3) is 0 Å². The molecule has 5 nitrogen and oxygen atoms in total. The molecule has 2 heterocycles. The SMILES string of the molecule is CNC1CCN(c2nnccc2C#N)C1. The van der Waals surface area contributed by atoms with Gasteiger partial charge in [0.15, 0.2) is 5.82 Å². The molecule has 0 bridgehead atoms. The quantitative estimate of drug-likeness (QED) is 0.741. The summed E-state index contributed by atoms with van der Waals surface area (Å²) in [4.78, 5) is 2.10. The predicted molar refractivity (Wildman–Crippen MR) is 56.4 cm³/mol. The highest BCUT2D eigenvalue weighted by molar-refractivity contribution is 5.53. The van der Waals surface area contributed by atoms with Crippen molar-refractivity contribution in [3.8, 4) is 6.07 Å². The summed E-state index contributed by atoms with van der Waals surface area (Å²) in [5.74, 6) is 0.706.